The van der Waals surface area contributed by atoms with Gasteiger partial charge in [-0.05, 0) is 25.5 Å². The van der Waals surface area contributed by atoms with Crippen LogP contribution in [0.1, 0.15) is 33.4 Å². The summed E-state index contributed by atoms with van der Waals surface area (Å²) in [7, 11) is 0. The first-order chi connectivity index (χ1) is 14.1. The monoisotopic (exact) mass is 392 g/mol. The third-order valence-electron chi connectivity index (χ3n) is 5.96. The van der Waals surface area contributed by atoms with Crippen LogP contribution in [0.2, 0.25) is 0 Å². The Hall–Kier alpha value is -2.77. The molecule has 1 amide bonds. The van der Waals surface area contributed by atoms with Crippen molar-refractivity contribution in [1.29, 1.82) is 0 Å². The first-order valence-electron chi connectivity index (χ1n) is 10.0. The number of piperazine rings is 1. The Morgan fingerprint density at radius 3 is 2.79 bits per heavy atom. The van der Waals surface area contributed by atoms with Crippen LogP contribution in [-0.4, -0.2) is 64.7 Å². The van der Waals surface area contributed by atoms with Crippen LogP contribution < -0.4 is 0 Å². The summed E-state index contributed by atoms with van der Waals surface area (Å²) in [6, 6.07) is 12.7. The summed E-state index contributed by atoms with van der Waals surface area (Å²) in [6.45, 7) is 7.21. The summed E-state index contributed by atoms with van der Waals surface area (Å²) >= 11 is 0. The maximum absolute atomic E-state index is 13.4. The summed E-state index contributed by atoms with van der Waals surface area (Å²) in [5.74, 6) is 0.00767. The number of carbonyl (C=O) groups is 1. The van der Waals surface area contributed by atoms with E-state index in [2.05, 4.69) is 39.3 Å². The van der Waals surface area contributed by atoms with Crippen LogP contribution in [0, 0.1) is 13.8 Å². The normalized spacial score (nSPS) is 22.6. The van der Waals surface area contributed by atoms with Gasteiger partial charge in [-0.15, -0.1) is 0 Å². The van der Waals surface area contributed by atoms with Crippen LogP contribution >= 0.6 is 0 Å². The Morgan fingerprint density at radius 1 is 1.14 bits per heavy atom. The maximum atomic E-state index is 13.4. The number of hydrogen-bond donors (Lipinski definition) is 0. The quantitative estimate of drug-likeness (QED) is 0.668. The third-order valence-corrected chi connectivity index (χ3v) is 5.96. The van der Waals surface area contributed by atoms with Crippen molar-refractivity contribution in [2.45, 2.75) is 25.9 Å². The molecule has 0 unspecified atom stereocenters. The Balaban J connectivity index is 1.40. The second kappa shape index (κ2) is 7.24. The highest BCUT2D eigenvalue weighted by Crippen LogP contribution is 2.31. The predicted octanol–water partition coefficient (Wildman–Crippen LogP) is 2.74. The summed E-state index contributed by atoms with van der Waals surface area (Å²) in [4.78, 5) is 22.2. The molecule has 29 heavy (non-hydrogen) atoms. The largest absolute Gasteiger partial charge is 0.378 e. The summed E-state index contributed by atoms with van der Waals surface area (Å²) in [6.07, 6.45) is 0. The molecule has 2 aromatic heterocycles. The van der Waals surface area contributed by atoms with Gasteiger partial charge in [0.25, 0.3) is 11.6 Å². The zero-order valence-corrected chi connectivity index (χ0v) is 16.7. The van der Waals surface area contributed by atoms with Gasteiger partial charge < -0.3 is 14.2 Å². The first kappa shape index (κ1) is 18.3. The molecule has 0 spiro atoms. The number of ether oxygens (including phenoxy) is 1. The summed E-state index contributed by atoms with van der Waals surface area (Å²) < 4.78 is 11.2. The van der Waals surface area contributed by atoms with Crippen molar-refractivity contribution < 1.29 is 14.1 Å². The molecule has 7 heteroatoms. The van der Waals surface area contributed by atoms with Crippen molar-refractivity contribution in [3.63, 3.8) is 0 Å². The summed E-state index contributed by atoms with van der Waals surface area (Å²) in [5.41, 5.74) is 3.76. The second-order valence-corrected chi connectivity index (χ2v) is 7.87. The van der Waals surface area contributed by atoms with Crippen molar-refractivity contribution in [3.8, 4) is 0 Å². The molecule has 150 valence electrons. The molecule has 1 aromatic carbocycles. The lowest BCUT2D eigenvalue weighted by molar-refractivity contribution is -0.0770. The molecule has 7 nitrogen and oxygen atoms in total. The van der Waals surface area contributed by atoms with Crippen LogP contribution in [-0.2, 0) is 4.74 Å². The first-order valence-corrected chi connectivity index (χ1v) is 10.0. The molecular weight excluding hydrogens is 368 g/mol. The SMILES string of the molecule is Cc1cc(C(=O)N2CCN3[C@@H](COC[C@@H]3c3ccccc3)C2)c2c(C)noc2n1. The molecule has 0 aliphatic carbocycles. The smallest absolute Gasteiger partial charge is 0.258 e. The lowest BCUT2D eigenvalue weighted by Gasteiger charge is -2.48. The number of aryl methyl sites for hydroxylation is 2. The van der Waals surface area contributed by atoms with E-state index < -0.39 is 0 Å². The maximum Gasteiger partial charge on any atom is 0.258 e. The molecule has 3 aromatic rings. The molecule has 0 radical (unpaired) electrons. The van der Waals surface area contributed by atoms with Gasteiger partial charge in [0.15, 0.2) is 0 Å². The minimum absolute atomic E-state index is 0.00767. The van der Waals surface area contributed by atoms with Gasteiger partial charge in [-0.2, -0.15) is 0 Å². The predicted molar refractivity (Wildman–Crippen MR) is 108 cm³/mol. The van der Waals surface area contributed by atoms with Gasteiger partial charge in [0.05, 0.1) is 41.9 Å². The lowest BCUT2D eigenvalue weighted by atomic mass is 9.99. The molecule has 0 bridgehead atoms. The number of morpholine rings is 1. The topological polar surface area (TPSA) is 71.7 Å². The number of aromatic nitrogens is 2. The number of carbonyl (C=O) groups excluding carboxylic acids is 1. The summed E-state index contributed by atoms with van der Waals surface area (Å²) in [5, 5.41) is 4.71. The lowest BCUT2D eigenvalue weighted by Crippen LogP contribution is -2.60. The van der Waals surface area contributed by atoms with E-state index in [1.54, 1.807) is 0 Å². The highest BCUT2D eigenvalue weighted by Gasteiger charge is 2.38. The van der Waals surface area contributed by atoms with Crippen molar-refractivity contribution in [2.75, 3.05) is 32.8 Å². The Kier molecular flexibility index (Phi) is 4.56. The Morgan fingerprint density at radius 2 is 1.97 bits per heavy atom. The highest BCUT2D eigenvalue weighted by atomic mass is 16.5. The average molecular weight is 392 g/mol. The van der Waals surface area contributed by atoms with E-state index in [1.807, 2.05) is 30.9 Å². The van der Waals surface area contributed by atoms with Gasteiger partial charge in [0.2, 0.25) is 0 Å². The number of pyridine rings is 1. The van der Waals surface area contributed by atoms with Gasteiger partial charge in [-0.1, -0.05) is 35.5 Å². The van der Waals surface area contributed by atoms with Crippen molar-refractivity contribution in [3.05, 3.63) is 58.9 Å². The van der Waals surface area contributed by atoms with E-state index in [-0.39, 0.29) is 18.0 Å². The van der Waals surface area contributed by atoms with E-state index in [1.165, 1.54) is 5.56 Å². The number of benzene rings is 1. The fraction of sp³-hybridized carbons (Fsp3) is 0.409. The van der Waals surface area contributed by atoms with E-state index in [4.69, 9.17) is 9.26 Å². The minimum atomic E-state index is 0.00767. The minimum Gasteiger partial charge on any atom is -0.378 e. The van der Waals surface area contributed by atoms with Gasteiger partial charge >= 0.3 is 0 Å². The van der Waals surface area contributed by atoms with Crippen molar-refractivity contribution >= 4 is 17.0 Å². The standard InChI is InChI=1S/C22H24N4O3/c1-14-10-18(20-15(2)24-29-21(20)23-14)22(27)25-8-9-26-17(11-25)12-28-13-19(26)16-6-4-3-5-7-16/h3-7,10,17,19H,8-9,11-13H2,1-2H3/t17-,19-/m1/s1. The molecule has 0 saturated carbocycles. The molecule has 2 atom stereocenters. The molecule has 0 N–H and O–H groups in total. The Labute approximate surface area is 169 Å². The molecule has 2 saturated heterocycles. The van der Waals surface area contributed by atoms with E-state index in [0.717, 1.165) is 12.2 Å². The van der Waals surface area contributed by atoms with E-state index in [9.17, 15) is 4.79 Å². The van der Waals surface area contributed by atoms with Crippen LogP contribution in [0.15, 0.2) is 40.9 Å². The third kappa shape index (κ3) is 3.20. The molecule has 2 aliphatic heterocycles. The zero-order valence-electron chi connectivity index (χ0n) is 16.7. The number of amides is 1. The molecule has 5 rings (SSSR count). The fourth-order valence-corrected chi connectivity index (χ4v) is 4.54. The number of nitrogens with zero attached hydrogens (tertiary/aromatic N) is 4. The average Bonchev–Trinajstić information content (AvgIpc) is 3.12. The van der Waals surface area contributed by atoms with E-state index in [0.29, 0.717) is 48.7 Å². The number of rotatable bonds is 2. The Bertz CT molecular complexity index is 1050. The van der Waals surface area contributed by atoms with Crippen LogP contribution in [0.3, 0.4) is 0 Å². The van der Waals surface area contributed by atoms with Crippen LogP contribution in [0.4, 0.5) is 0 Å². The van der Waals surface area contributed by atoms with E-state index >= 15 is 0 Å². The van der Waals surface area contributed by atoms with Crippen LogP contribution in [0.25, 0.3) is 11.1 Å². The van der Waals surface area contributed by atoms with Gasteiger partial charge in [-0.25, -0.2) is 4.98 Å². The molecular formula is C22H24N4O3. The zero-order chi connectivity index (χ0) is 20.0. The van der Waals surface area contributed by atoms with Crippen molar-refractivity contribution in [1.82, 2.24) is 19.9 Å². The van der Waals surface area contributed by atoms with Crippen molar-refractivity contribution in [2.24, 2.45) is 0 Å². The second-order valence-electron chi connectivity index (χ2n) is 7.87. The van der Waals surface area contributed by atoms with Gasteiger partial charge in [-0.3, -0.25) is 9.69 Å². The highest BCUT2D eigenvalue weighted by molar-refractivity contribution is 6.06. The van der Waals surface area contributed by atoms with Crippen LogP contribution in [0.5, 0.6) is 0 Å². The molecule has 2 fully saturated rings. The number of fused-ring (bicyclic) bond motifs is 2. The molecule has 4 heterocycles. The number of hydrogen-bond acceptors (Lipinski definition) is 6. The van der Waals surface area contributed by atoms with Gasteiger partial charge in [0, 0.05) is 25.3 Å². The van der Waals surface area contributed by atoms with Gasteiger partial charge in [0.1, 0.15) is 0 Å². The molecule has 2 aliphatic rings. The fourth-order valence-electron chi connectivity index (χ4n) is 4.54.